The van der Waals surface area contributed by atoms with Gasteiger partial charge in [0, 0.05) is 0 Å². The zero-order chi connectivity index (χ0) is 14.3. The van der Waals surface area contributed by atoms with E-state index < -0.39 is 23.1 Å². The van der Waals surface area contributed by atoms with Crippen LogP contribution in [0.4, 0.5) is 8.78 Å². The lowest BCUT2D eigenvalue weighted by Gasteiger charge is -2.05. The highest BCUT2D eigenvalue weighted by Crippen LogP contribution is 2.24. The van der Waals surface area contributed by atoms with Crippen LogP contribution in [0.1, 0.15) is 40.5 Å². The van der Waals surface area contributed by atoms with Crippen LogP contribution in [0.5, 0.6) is 11.5 Å². The minimum atomic E-state index is -1.43. The molecule has 4 heteroatoms. The lowest BCUT2D eigenvalue weighted by atomic mass is 10.0. The molecule has 0 radical (unpaired) electrons. The largest absolute Gasteiger partial charge is 0.505 e. The van der Waals surface area contributed by atoms with Gasteiger partial charge < -0.3 is 10.2 Å². The fourth-order valence-electron chi connectivity index (χ4n) is 1.20. The molecule has 0 aliphatic carbocycles. The van der Waals surface area contributed by atoms with Crippen molar-refractivity contribution in [2.24, 2.45) is 11.8 Å². The Morgan fingerprint density at radius 1 is 0.833 bits per heavy atom. The zero-order valence-electron chi connectivity index (χ0n) is 11.4. The Kier molecular flexibility index (Phi) is 7.32. The van der Waals surface area contributed by atoms with Gasteiger partial charge >= 0.3 is 0 Å². The Morgan fingerprint density at radius 3 is 1.33 bits per heavy atom. The van der Waals surface area contributed by atoms with Gasteiger partial charge in [0.25, 0.3) is 0 Å². The first-order valence-corrected chi connectivity index (χ1v) is 6.11. The molecule has 1 aromatic carbocycles. The summed E-state index contributed by atoms with van der Waals surface area (Å²) in [5, 5.41) is 17.0. The number of phenols is 2. The molecule has 104 valence electrons. The number of halogens is 2. The molecule has 2 N–H and O–H groups in total. The number of hydrogen-bond acceptors (Lipinski definition) is 2. The normalized spacial score (nSPS) is 10.4. The highest BCUT2D eigenvalue weighted by atomic mass is 19.2. The van der Waals surface area contributed by atoms with Crippen molar-refractivity contribution in [3.8, 4) is 11.5 Å². The Hall–Kier alpha value is -1.32. The second-order valence-corrected chi connectivity index (χ2v) is 5.10. The van der Waals surface area contributed by atoms with Crippen LogP contribution in [-0.4, -0.2) is 10.2 Å². The highest BCUT2D eigenvalue weighted by Gasteiger charge is 2.10. The van der Waals surface area contributed by atoms with E-state index in [9.17, 15) is 8.78 Å². The van der Waals surface area contributed by atoms with Crippen molar-refractivity contribution in [1.29, 1.82) is 0 Å². The molecule has 2 nitrogen and oxygen atoms in total. The van der Waals surface area contributed by atoms with E-state index in [-0.39, 0.29) is 0 Å². The van der Waals surface area contributed by atoms with Crippen LogP contribution < -0.4 is 0 Å². The summed E-state index contributed by atoms with van der Waals surface area (Å²) in [6.45, 7) is 9.12. The summed E-state index contributed by atoms with van der Waals surface area (Å²) in [6, 6.07) is 1.74. The van der Waals surface area contributed by atoms with Crippen LogP contribution in [-0.2, 0) is 0 Å². The molecular formula is C14H22F2O2. The molecule has 0 aliphatic heterocycles. The SMILES string of the molecule is CC(C)CCC(C)C.Oc1ccc(O)c(F)c1F. The average molecular weight is 260 g/mol. The Bertz CT molecular complexity index is 328. The van der Waals surface area contributed by atoms with Crippen LogP contribution in [0.2, 0.25) is 0 Å². The zero-order valence-corrected chi connectivity index (χ0v) is 11.4. The van der Waals surface area contributed by atoms with Gasteiger partial charge in [0.1, 0.15) is 0 Å². The minimum absolute atomic E-state index is 0.810. The molecule has 0 aliphatic rings. The van der Waals surface area contributed by atoms with Gasteiger partial charge in [0.2, 0.25) is 11.6 Å². The smallest absolute Gasteiger partial charge is 0.204 e. The van der Waals surface area contributed by atoms with Gasteiger partial charge in [-0.25, -0.2) is 0 Å². The first-order chi connectivity index (χ1) is 8.25. The summed E-state index contributed by atoms with van der Waals surface area (Å²) >= 11 is 0. The summed E-state index contributed by atoms with van der Waals surface area (Å²) in [5.74, 6) is -2.71. The van der Waals surface area contributed by atoms with E-state index in [0.717, 1.165) is 24.0 Å². The number of rotatable bonds is 3. The van der Waals surface area contributed by atoms with Crippen molar-refractivity contribution in [2.45, 2.75) is 40.5 Å². The third-order valence-corrected chi connectivity index (χ3v) is 2.36. The van der Waals surface area contributed by atoms with Gasteiger partial charge in [0.15, 0.2) is 11.5 Å². The van der Waals surface area contributed by atoms with Crippen LogP contribution in [0.3, 0.4) is 0 Å². The van der Waals surface area contributed by atoms with E-state index >= 15 is 0 Å². The molecule has 0 saturated heterocycles. The Morgan fingerprint density at radius 2 is 1.11 bits per heavy atom. The molecule has 0 amide bonds. The third-order valence-electron chi connectivity index (χ3n) is 2.36. The van der Waals surface area contributed by atoms with Crippen LogP contribution >= 0.6 is 0 Å². The highest BCUT2D eigenvalue weighted by molar-refractivity contribution is 5.32. The standard InChI is InChI=1S/C8H18.C6H4F2O2/c1-7(2)5-6-8(3)4;7-5-3(9)1-2-4(10)6(5)8/h7-8H,5-6H2,1-4H3;1-2,9-10H. The third kappa shape index (κ3) is 6.42. The first-order valence-electron chi connectivity index (χ1n) is 6.11. The van der Waals surface area contributed by atoms with Crippen molar-refractivity contribution in [3.63, 3.8) is 0 Å². The van der Waals surface area contributed by atoms with Gasteiger partial charge in [-0.3, -0.25) is 0 Å². The predicted molar refractivity (Wildman–Crippen MR) is 68.6 cm³/mol. The molecule has 0 saturated carbocycles. The maximum Gasteiger partial charge on any atom is 0.204 e. The molecule has 0 spiro atoms. The molecule has 0 aromatic heterocycles. The topological polar surface area (TPSA) is 40.5 Å². The summed E-state index contributed by atoms with van der Waals surface area (Å²) < 4.78 is 24.4. The van der Waals surface area contributed by atoms with Gasteiger partial charge in [-0.2, -0.15) is 8.78 Å². The minimum Gasteiger partial charge on any atom is -0.505 e. The van der Waals surface area contributed by atoms with Gasteiger partial charge in [0.05, 0.1) is 0 Å². The molecule has 0 atom stereocenters. The lowest BCUT2D eigenvalue weighted by Crippen LogP contribution is -1.91. The van der Waals surface area contributed by atoms with Gasteiger partial charge in [-0.05, 0) is 24.0 Å². The molecule has 1 aromatic rings. The molecule has 1 rings (SSSR count). The summed E-state index contributed by atoms with van der Waals surface area (Å²) in [4.78, 5) is 0. The maximum absolute atomic E-state index is 12.2. The molecule has 0 unspecified atom stereocenters. The van der Waals surface area contributed by atoms with Crippen molar-refractivity contribution >= 4 is 0 Å². The lowest BCUT2D eigenvalue weighted by molar-refractivity contribution is 0.374. The first kappa shape index (κ1) is 16.7. The molecule has 0 heterocycles. The average Bonchev–Trinajstić information content (AvgIpc) is 2.30. The van der Waals surface area contributed by atoms with Crippen molar-refractivity contribution in [3.05, 3.63) is 23.8 Å². The number of aromatic hydroxyl groups is 2. The van der Waals surface area contributed by atoms with Crippen molar-refractivity contribution < 1.29 is 19.0 Å². The molecular weight excluding hydrogens is 238 g/mol. The van der Waals surface area contributed by atoms with E-state index in [4.69, 9.17) is 10.2 Å². The van der Waals surface area contributed by atoms with Crippen molar-refractivity contribution in [1.82, 2.24) is 0 Å². The Balaban J connectivity index is 0.000000331. The van der Waals surface area contributed by atoms with Gasteiger partial charge in [-0.1, -0.05) is 40.5 Å². The quantitative estimate of drug-likeness (QED) is 0.788. The number of benzene rings is 1. The number of phenolic OH excluding ortho intramolecular Hbond substituents is 2. The fraction of sp³-hybridized carbons (Fsp3) is 0.571. The predicted octanol–water partition coefficient (Wildman–Crippen LogP) is 4.45. The van der Waals surface area contributed by atoms with E-state index in [2.05, 4.69) is 27.7 Å². The summed E-state index contributed by atoms with van der Waals surface area (Å²) in [6.07, 6.45) is 2.77. The van der Waals surface area contributed by atoms with Crippen LogP contribution in [0.15, 0.2) is 12.1 Å². The van der Waals surface area contributed by atoms with Gasteiger partial charge in [-0.15, -0.1) is 0 Å². The second kappa shape index (κ2) is 7.90. The van der Waals surface area contributed by atoms with Crippen LogP contribution in [0, 0.1) is 23.5 Å². The molecule has 0 fully saturated rings. The summed E-state index contributed by atoms with van der Waals surface area (Å²) in [5.41, 5.74) is 0. The van der Waals surface area contributed by atoms with Crippen LogP contribution in [0.25, 0.3) is 0 Å². The number of hydrogen-bond donors (Lipinski definition) is 2. The second-order valence-electron chi connectivity index (χ2n) is 5.10. The molecule has 0 bridgehead atoms. The monoisotopic (exact) mass is 260 g/mol. The van der Waals surface area contributed by atoms with E-state index in [1.165, 1.54) is 12.8 Å². The Labute approximate surface area is 107 Å². The fourth-order valence-corrected chi connectivity index (χ4v) is 1.20. The maximum atomic E-state index is 12.2. The van der Waals surface area contributed by atoms with E-state index in [0.29, 0.717) is 0 Å². The molecule has 18 heavy (non-hydrogen) atoms. The van der Waals surface area contributed by atoms with E-state index in [1.54, 1.807) is 0 Å². The van der Waals surface area contributed by atoms with E-state index in [1.807, 2.05) is 0 Å². The summed E-state index contributed by atoms with van der Waals surface area (Å²) in [7, 11) is 0. The van der Waals surface area contributed by atoms with Crippen molar-refractivity contribution in [2.75, 3.05) is 0 Å².